The second-order valence-corrected chi connectivity index (χ2v) is 3.98. The molecular formula is C8H8N4O2S. The predicted octanol–water partition coefficient (Wildman–Crippen LogP) is 0.528. The van der Waals surface area contributed by atoms with Crippen molar-refractivity contribution < 1.29 is 4.79 Å². The first-order chi connectivity index (χ1) is 7.09. The number of hydrogen-bond acceptors (Lipinski definition) is 5. The van der Waals surface area contributed by atoms with E-state index < -0.39 is 0 Å². The smallest absolute Gasteiger partial charge is 0.294 e. The number of aryl methyl sites for hydroxylation is 1. The van der Waals surface area contributed by atoms with E-state index in [0.29, 0.717) is 15.7 Å². The Balaban J connectivity index is 2.57. The molecule has 0 unspecified atom stereocenters. The maximum atomic E-state index is 11.2. The van der Waals surface area contributed by atoms with Crippen molar-refractivity contribution >= 4 is 17.1 Å². The number of thiazole rings is 1. The zero-order valence-corrected chi connectivity index (χ0v) is 8.96. The van der Waals surface area contributed by atoms with Crippen LogP contribution in [0.25, 0.3) is 5.13 Å². The Kier molecular flexibility index (Phi) is 2.24. The van der Waals surface area contributed by atoms with Crippen molar-refractivity contribution in [2.45, 2.75) is 13.8 Å². The summed E-state index contributed by atoms with van der Waals surface area (Å²) in [5.74, 6) is -0.0483. The van der Waals surface area contributed by atoms with E-state index in [1.165, 1.54) is 29.2 Å². The Morgan fingerprint density at radius 3 is 2.80 bits per heavy atom. The van der Waals surface area contributed by atoms with E-state index in [0.717, 1.165) is 0 Å². The molecule has 0 aliphatic rings. The summed E-state index contributed by atoms with van der Waals surface area (Å²) < 4.78 is 1.27. The molecule has 2 rings (SSSR count). The maximum Gasteiger partial charge on any atom is 0.349 e. The molecule has 0 radical (unpaired) electrons. The topological polar surface area (TPSA) is 80.6 Å². The number of nitrogens with one attached hydrogen (secondary N) is 1. The van der Waals surface area contributed by atoms with E-state index >= 15 is 0 Å². The average molecular weight is 224 g/mol. The average Bonchev–Trinajstić information content (AvgIpc) is 2.71. The van der Waals surface area contributed by atoms with Gasteiger partial charge in [0.15, 0.2) is 10.9 Å². The lowest BCUT2D eigenvalue weighted by atomic mass is 10.3. The first-order valence-corrected chi connectivity index (χ1v) is 5.02. The number of hydrogen-bond donors (Lipinski definition) is 1. The highest BCUT2D eigenvalue weighted by Crippen LogP contribution is 2.20. The zero-order valence-electron chi connectivity index (χ0n) is 8.14. The largest absolute Gasteiger partial charge is 0.349 e. The van der Waals surface area contributed by atoms with Gasteiger partial charge in [0, 0.05) is 6.92 Å². The van der Waals surface area contributed by atoms with Gasteiger partial charge in [-0.05, 0) is 6.92 Å². The van der Waals surface area contributed by atoms with Gasteiger partial charge in [0.05, 0.1) is 10.6 Å². The highest BCUT2D eigenvalue weighted by Gasteiger charge is 2.13. The molecule has 0 fully saturated rings. The molecule has 0 spiro atoms. The first-order valence-electron chi connectivity index (χ1n) is 4.20. The van der Waals surface area contributed by atoms with Gasteiger partial charge in [-0.25, -0.2) is 19.4 Å². The van der Waals surface area contributed by atoms with Gasteiger partial charge in [-0.3, -0.25) is 4.79 Å². The van der Waals surface area contributed by atoms with Gasteiger partial charge in [-0.1, -0.05) is 11.3 Å². The van der Waals surface area contributed by atoms with Crippen LogP contribution in [0.15, 0.2) is 11.1 Å². The van der Waals surface area contributed by atoms with E-state index in [2.05, 4.69) is 15.2 Å². The first kappa shape index (κ1) is 9.78. The summed E-state index contributed by atoms with van der Waals surface area (Å²) >= 11 is 1.18. The minimum atomic E-state index is -0.362. The van der Waals surface area contributed by atoms with Crippen molar-refractivity contribution in [1.82, 2.24) is 19.7 Å². The van der Waals surface area contributed by atoms with Crippen LogP contribution >= 0.6 is 11.3 Å². The van der Waals surface area contributed by atoms with E-state index in [1.54, 1.807) is 6.92 Å². The predicted molar refractivity (Wildman–Crippen MR) is 54.6 cm³/mol. The molecule has 0 amide bonds. The maximum absolute atomic E-state index is 11.2. The number of nitrogens with zero attached hydrogens (tertiary/aromatic N) is 3. The molecule has 78 valence electrons. The van der Waals surface area contributed by atoms with Crippen LogP contribution in [0.3, 0.4) is 0 Å². The summed E-state index contributed by atoms with van der Waals surface area (Å²) in [6, 6.07) is 0. The molecule has 0 aliphatic carbocycles. The van der Waals surface area contributed by atoms with Gasteiger partial charge >= 0.3 is 5.69 Å². The number of aromatic nitrogens is 4. The van der Waals surface area contributed by atoms with Crippen LogP contribution in [0.1, 0.15) is 22.3 Å². The lowest BCUT2D eigenvalue weighted by Crippen LogP contribution is -2.13. The molecule has 2 heterocycles. The fourth-order valence-electron chi connectivity index (χ4n) is 1.20. The van der Waals surface area contributed by atoms with Crippen molar-refractivity contribution in [1.29, 1.82) is 0 Å². The summed E-state index contributed by atoms with van der Waals surface area (Å²) in [6.07, 6.45) is 1.34. The van der Waals surface area contributed by atoms with E-state index in [1.807, 2.05) is 0 Å². The van der Waals surface area contributed by atoms with Gasteiger partial charge in [0.2, 0.25) is 0 Å². The molecular weight excluding hydrogens is 216 g/mol. The Bertz CT molecular complexity index is 565. The number of Topliss-reactive ketones (excluding diaryl/α,β-unsaturated/α-hetero) is 1. The van der Waals surface area contributed by atoms with Crippen LogP contribution in [0.4, 0.5) is 0 Å². The Morgan fingerprint density at radius 1 is 1.60 bits per heavy atom. The van der Waals surface area contributed by atoms with Gasteiger partial charge < -0.3 is 0 Å². The van der Waals surface area contributed by atoms with Crippen LogP contribution in [0, 0.1) is 6.92 Å². The highest BCUT2D eigenvalue weighted by molar-refractivity contribution is 7.16. The Hall–Kier alpha value is -1.76. The van der Waals surface area contributed by atoms with Crippen LogP contribution in [-0.4, -0.2) is 25.5 Å². The van der Waals surface area contributed by atoms with Gasteiger partial charge in [-0.2, -0.15) is 5.10 Å². The van der Waals surface area contributed by atoms with Gasteiger partial charge in [-0.15, -0.1) is 0 Å². The summed E-state index contributed by atoms with van der Waals surface area (Å²) in [5, 5.41) is 6.31. The molecule has 0 bridgehead atoms. The minimum Gasteiger partial charge on any atom is -0.294 e. The fraction of sp³-hybridized carbons (Fsp3) is 0.250. The Morgan fingerprint density at radius 2 is 2.33 bits per heavy atom. The number of H-pyrrole nitrogens is 1. The minimum absolute atomic E-state index is 0.0483. The van der Waals surface area contributed by atoms with Crippen LogP contribution in [0.2, 0.25) is 0 Å². The third kappa shape index (κ3) is 1.61. The second kappa shape index (κ2) is 3.43. The standard InChI is InChI=1S/C8H8N4O2S/c1-4-6(5(2)13)15-8(10-4)12-3-9-11-7(12)14/h3H,1-2H3,(H,11,14). The number of rotatable bonds is 2. The van der Waals surface area contributed by atoms with Crippen LogP contribution in [-0.2, 0) is 0 Å². The third-order valence-corrected chi connectivity index (χ3v) is 3.12. The SMILES string of the molecule is CC(=O)c1sc(-n2cn[nH]c2=O)nc1C. The summed E-state index contributed by atoms with van der Waals surface area (Å²) in [5.41, 5.74) is 0.273. The van der Waals surface area contributed by atoms with Gasteiger partial charge in [0.1, 0.15) is 6.33 Å². The van der Waals surface area contributed by atoms with Crippen LogP contribution < -0.4 is 5.69 Å². The lowest BCUT2D eigenvalue weighted by Gasteiger charge is -1.89. The van der Waals surface area contributed by atoms with Gasteiger partial charge in [0.25, 0.3) is 0 Å². The Labute approximate surface area is 88.6 Å². The molecule has 15 heavy (non-hydrogen) atoms. The molecule has 7 heteroatoms. The number of carbonyl (C=O) groups excluding carboxylic acids is 1. The quantitative estimate of drug-likeness (QED) is 0.754. The molecule has 0 atom stereocenters. The van der Waals surface area contributed by atoms with Crippen molar-refractivity contribution in [2.75, 3.05) is 0 Å². The fourth-order valence-corrected chi connectivity index (χ4v) is 2.13. The molecule has 0 aromatic carbocycles. The molecule has 2 aromatic rings. The molecule has 2 aromatic heterocycles. The third-order valence-electron chi connectivity index (χ3n) is 1.86. The highest BCUT2D eigenvalue weighted by atomic mass is 32.1. The normalized spacial score (nSPS) is 10.5. The molecule has 0 saturated carbocycles. The number of ketones is 1. The summed E-state index contributed by atoms with van der Waals surface area (Å²) in [6.45, 7) is 3.21. The monoisotopic (exact) mass is 224 g/mol. The molecule has 0 saturated heterocycles. The van der Waals surface area contributed by atoms with E-state index in [9.17, 15) is 9.59 Å². The molecule has 1 N–H and O–H groups in total. The van der Waals surface area contributed by atoms with Crippen molar-refractivity contribution in [3.8, 4) is 5.13 Å². The van der Waals surface area contributed by atoms with Crippen LogP contribution in [0.5, 0.6) is 0 Å². The van der Waals surface area contributed by atoms with E-state index in [4.69, 9.17) is 0 Å². The summed E-state index contributed by atoms with van der Waals surface area (Å²) in [4.78, 5) is 27.1. The summed E-state index contributed by atoms with van der Waals surface area (Å²) in [7, 11) is 0. The van der Waals surface area contributed by atoms with Crippen molar-refractivity contribution in [3.63, 3.8) is 0 Å². The molecule has 0 aliphatic heterocycles. The number of aromatic amines is 1. The second-order valence-electron chi connectivity index (χ2n) is 3.00. The lowest BCUT2D eigenvalue weighted by molar-refractivity contribution is 0.102. The zero-order chi connectivity index (χ0) is 11.0. The van der Waals surface area contributed by atoms with Crippen molar-refractivity contribution in [2.24, 2.45) is 0 Å². The number of carbonyl (C=O) groups is 1. The van der Waals surface area contributed by atoms with E-state index in [-0.39, 0.29) is 11.5 Å². The van der Waals surface area contributed by atoms with Crippen molar-refractivity contribution in [3.05, 3.63) is 27.4 Å². The molecule has 6 nitrogen and oxygen atoms in total.